The number of aliphatic hydroxyl groups is 9. The number of esters is 3. The van der Waals surface area contributed by atoms with Crippen LogP contribution in [0, 0.1) is 0 Å². The smallest absolute Gasteiger partial charge is 0.333 e. The molecule has 30 atom stereocenters. The maximum Gasteiger partial charge on any atom is 0.333 e. The van der Waals surface area contributed by atoms with Crippen molar-refractivity contribution in [3.8, 4) is 34.5 Å². The number of phenols is 3. The van der Waals surface area contributed by atoms with Crippen LogP contribution in [-0.4, -0.2) is 296 Å². The number of ether oxygens (including phenoxy) is 19. The third-order valence-electron chi connectivity index (χ3n) is 19.3. The summed E-state index contributed by atoms with van der Waals surface area (Å²) in [4.78, 5) is 37.1. The molecule has 8 heterocycles. The molecule has 12 N–H and O–H groups in total. The van der Waals surface area contributed by atoms with Gasteiger partial charge in [-0.25, -0.2) is 14.4 Å². The molecule has 0 aliphatic carbocycles. The second-order valence-corrected chi connectivity index (χ2v) is 28.3. The molecule has 34 nitrogen and oxygen atoms in total. The minimum Gasteiger partial charge on any atom is -0.504 e. The molecular formula is C74H102O34. The van der Waals surface area contributed by atoms with E-state index in [0.717, 1.165) is 6.08 Å². The van der Waals surface area contributed by atoms with E-state index in [1.54, 1.807) is 44.2 Å². The summed E-state index contributed by atoms with van der Waals surface area (Å²) in [6.45, 7) is 20.9. The number of fused-ring (bicyclic) bond motifs is 2. The van der Waals surface area contributed by atoms with Crippen LogP contribution in [0.4, 0.5) is 0 Å². The summed E-state index contributed by atoms with van der Waals surface area (Å²) in [7, 11) is 4.22. The number of rotatable bonds is 18. The maximum atomic E-state index is 12.4. The number of carbonyl (C=O) groups is 3. The van der Waals surface area contributed by atoms with E-state index in [1.807, 2.05) is 55.4 Å². The topological polar surface area (TPSA) is 469 Å². The predicted octanol–water partition coefficient (Wildman–Crippen LogP) is 1.65. The van der Waals surface area contributed by atoms with Gasteiger partial charge in [-0.2, -0.15) is 0 Å². The molecule has 8 saturated heterocycles. The van der Waals surface area contributed by atoms with Crippen LogP contribution in [0.3, 0.4) is 0 Å². The Morgan fingerprint density at radius 2 is 0.620 bits per heavy atom. The first-order chi connectivity index (χ1) is 50.8. The van der Waals surface area contributed by atoms with E-state index in [2.05, 4.69) is 0 Å². The lowest BCUT2D eigenvalue weighted by Crippen LogP contribution is -2.63. The highest BCUT2D eigenvalue weighted by atomic mass is 16.8. The molecule has 602 valence electrons. The van der Waals surface area contributed by atoms with Gasteiger partial charge in [-0.1, -0.05) is 18.2 Å². The summed E-state index contributed by atoms with van der Waals surface area (Å²) in [6.07, 6.45) is -22.3. The van der Waals surface area contributed by atoms with Gasteiger partial charge in [-0.15, -0.1) is 0 Å². The first kappa shape index (κ1) is 85.2. The lowest BCUT2D eigenvalue weighted by Gasteiger charge is -2.45. The van der Waals surface area contributed by atoms with E-state index in [9.17, 15) is 75.7 Å². The van der Waals surface area contributed by atoms with Crippen molar-refractivity contribution in [2.24, 2.45) is 0 Å². The molecular weight excluding hydrogens is 1430 g/mol. The number of aromatic hydroxyl groups is 3. The highest BCUT2D eigenvalue weighted by Crippen LogP contribution is 2.43. The van der Waals surface area contributed by atoms with E-state index in [1.165, 1.54) is 89.8 Å². The van der Waals surface area contributed by atoms with E-state index < -0.39 is 189 Å². The van der Waals surface area contributed by atoms with Crippen molar-refractivity contribution < 1.29 is 166 Å². The van der Waals surface area contributed by atoms with Crippen LogP contribution in [0.25, 0.3) is 18.2 Å². The van der Waals surface area contributed by atoms with Gasteiger partial charge in [0, 0.05) is 18.2 Å². The van der Waals surface area contributed by atoms with Crippen LogP contribution in [0.15, 0.2) is 72.8 Å². The van der Waals surface area contributed by atoms with Gasteiger partial charge in [-0.3, -0.25) is 0 Å². The molecule has 11 rings (SSSR count). The van der Waals surface area contributed by atoms with Gasteiger partial charge < -0.3 is 151 Å². The summed E-state index contributed by atoms with van der Waals surface area (Å²) in [5.74, 6) is -3.40. The van der Waals surface area contributed by atoms with Crippen LogP contribution in [-0.2, 0) is 90.2 Å². The average molecular weight is 1540 g/mol. The van der Waals surface area contributed by atoms with Crippen molar-refractivity contribution in [1.82, 2.24) is 0 Å². The van der Waals surface area contributed by atoms with Gasteiger partial charge in [0.05, 0.1) is 70.2 Å². The molecule has 8 aliphatic heterocycles. The van der Waals surface area contributed by atoms with Gasteiger partial charge in [0.1, 0.15) is 97.7 Å². The van der Waals surface area contributed by atoms with Crippen LogP contribution >= 0.6 is 0 Å². The van der Waals surface area contributed by atoms with Crippen molar-refractivity contribution in [3.05, 3.63) is 89.5 Å². The van der Waals surface area contributed by atoms with Gasteiger partial charge in [0.2, 0.25) is 6.29 Å². The van der Waals surface area contributed by atoms with Crippen molar-refractivity contribution >= 4 is 36.1 Å². The minimum absolute atomic E-state index is 0.0285. The molecule has 0 saturated carbocycles. The predicted molar refractivity (Wildman–Crippen MR) is 371 cm³/mol. The lowest BCUT2D eigenvalue weighted by molar-refractivity contribution is -0.348. The Bertz CT molecular complexity index is 3430. The minimum atomic E-state index is -1.69. The van der Waals surface area contributed by atoms with Gasteiger partial charge in [0.15, 0.2) is 77.1 Å². The summed E-state index contributed by atoms with van der Waals surface area (Å²) in [5, 5.41) is 123. The molecule has 8 aliphatic rings. The second kappa shape index (κ2) is 36.1. The Labute approximate surface area is 623 Å². The summed E-state index contributed by atoms with van der Waals surface area (Å²) in [6, 6.07) is 13.6. The first-order valence-corrected chi connectivity index (χ1v) is 35.3. The Morgan fingerprint density at radius 3 is 0.991 bits per heavy atom. The third-order valence-corrected chi connectivity index (χ3v) is 19.3. The molecule has 0 spiro atoms. The SMILES string of the molecule is COc1cc(/C=C/C(=O)OC2C(C)OC(OC3C(C)OC(C)C4OC(C)(C)OC34)C(O)C2O)ccc1O.COc1cc(/C=C/C(=O)OC2C(C)OC(OC3C(C)OC(C)C4OC(C)(C)OC34)C(O)C2O)ccc1O.COc1cc(/C=C/C(=O)O[C@@H]2OC(C)[C@H](O[C@@H]3OC(C)[C@H](O)[C@H](O)C3O)[C@H](O)C2O)ccc1O. The van der Waals surface area contributed by atoms with Crippen LogP contribution in [0.5, 0.6) is 34.5 Å². The summed E-state index contributed by atoms with van der Waals surface area (Å²) in [5.41, 5.74) is 1.71. The number of hydrogen-bond donors (Lipinski definition) is 12. The Hall–Kier alpha value is -6.79. The molecule has 108 heavy (non-hydrogen) atoms. The van der Waals surface area contributed by atoms with Gasteiger partial charge >= 0.3 is 17.9 Å². The van der Waals surface area contributed by atoms with Crippen molar-refractivity contribution in [2.45, 2.75) is 279 Å². The largest absolute Gasteiger partial charge is 0.504 e. The van der Waals surface area contributed by atoms with E-state index >= 15 is 0 Å². The maximum absolute atomic E-state index is 12.4. The Balaban J connectivity index is 0.000000187. The quantitative estimate of drug-likeness (QED) is 0.0489. The lowest BCUT2D eigenvalue weighted by atomic mass is 9.95. The molecule has 0 amide bonds. The number of phenolic OH excluding ortho intramolecular Hbond substituents is 3. The zero-order valence-electron chi connectivity index (χ0n) is 62.3. The van der Waals surface area contributed by atoms with Crippen LogP contribution in [0.1, 0.15) is 99.8 Å². The van der Waals surface area contributed by atoms with E-state index in [-0.39, 0.29) is 58.9 Å². The molecule has 3 aromatic rings. The zero-order chi connectivity index (χ0) is 79.3. The van der Waals surface area contributed by atoms with Crippen molar-refractivity contribution in [3.63, 3.8) is 0 Å². The fourth-order valence-electron chi connectivity index (χ4n) is 13.6. The second-order valence-electron chi connectivity index (χ2n) is 28.3. The van der Waals surface area contributed by atoms with Gasteiger partial charge in [-0.05, 0) is 154 Å². The molecule has 24 unspecified atom stereocenters. The molecule has 8 fully saturated rings. The van der Waals surface area contributed by atoms with E-state index in [0.29, 0.717) is 16.7 Å². The highest BCUT2D eigenvalue weighted by Gasteiger charge is 2.58. The van der Waals surface area contributed by atoms with Crippen LogP contribution in [0.2, 0.25) is 0 Å². The molecule has 0 aromatic heterocycles. The number of methoxy groups -OCH3 is 3. The Morgan fingerprint density at radius 1 is 0.333 bits per heavy atom. The first-order valence-electron chi connectivity index (χ1n) is 35.3. The normalized spacial score (nSPS) is 39.1. The summed E-state index contributed by atoms with van der Waals surface area (Å²) >= 11 is 0. The molecule has 34 heteroatoms. The Kier molecular flexibility index (Phi) is 28.5. The molecule has 3 aromatic carbocycles. The highest BCUT2D eigenvalue weighted by molar-refractivity contribution is 5.88. The molecule has 0 radical (unpaired) electrons. The van der Waals surface area contributed by atoms with Crippen molar-refractivity contribution in [1.29, 1.82) is 0 Å². The monoisotopic (exact) mass is 1530 g/mol. The zero-order valence-corrected chi connectivity index (χ0v) is 62.3. The number of benzene rings is 3. The number of aliphatic hydroxyl groups excluding tert-OH is 9. The number of hydrogen-bond acceptors (Lipinski definition) is 34. The van der Waals surface area contributed by atoms with Gasteiger partial charge in [0.25, 0.3) is 0 Å². The summed E-state index contributed by atoms with van der Waals surface area (Å²) < 4.78 is 107. The fraction of sp³-hybridized carbons (Fsp3) is 0.635. The fourth-order valence-corrected chi connectivity index (χ4v) is 13.6. The van der Waals surface area contributed by atoms with E-state index in [4.69, 9.17) is 90.0 Å². The third kappa shape index (κ3) is 20.3. The average Bonchev–Trinajstić information content (AvgIpc) is 1.58. The standard InChI is InChI=1S/2C26H36O11.C22H30O12/c2*1-12-21(34-18(28)10-8-15-7-9-16(27)17(11-15)31-6)19(29)20(30)25(33-12)35-22-13(2)32-14(3)23-24(22)37-26(4,5)36-23;1-9-15(25)16(26)18(28)22(31-9)34-20-10(2)32-21(19(29)17(20)27)33-14(24)7-5-11-4-6-12(23)13(8-11)30-3/h2*7-14,19-25,27,29-30H,1-6H3;4-10,15-23,25-29H,1-3H3/b2*10-8+;7-5+/t;;9?,10?,15-,16-,17+,18?,19?,20-,21-,22-/m..0/s1. The van der Waals surface area contributed by atoms with Crippen LogP contribution < -0.4 is 14.2 Å². The van der Waals surface area contributed by atoms with Crippen molar-refractivity contribution in [2.75, 3.05) is 21.3 Å². The molecule has 0 bridgehead atoms. The number of carbonyl (C=O) groups excluding carboxylic acids is 3.